The minimum atomic E-state index is -0.777. The van der Waals surface area contributed by atoms with Crippen LogP contribution in [-0.2, 0) is 9.53 Å². The summed E-state index contributed by atoms with van der Waals surface area (Å²) in [6.07, 6.45) is 9.65. The van der Waals surface area contributed by atoms with Gasteiger partial charge in [0.15, 0.2) is 0 Å². The Bertz CT molecular complexity index is 694. The molecule has 0 heterocycles. The Morgan fingerprint density at radius 1 is 1.03 bits per heavy atom. The highest BCUT2D eigenvalue weighted by molar-refractivity contribution is 5.94. The van der Waals surface area contributed by atoms with Crippen LogP contribution in [0.1, 0.15) is 55.8 Å². The lowest BCUT2D eigenvalue weighted by atomic mass is 9.89. The molecular weight excluding hydrogens is 372 g/mol. The minimum Gasteiger partial charge on any atom is -0.434 e. The van der Waals surface area contributed by atoms with Crippen LogP contribution < -0.4 is 15.4 Å². The van der Waals surface area contributed by atoms with Gasteiger partial charge in [-0.2, -0.15) is 0 Å². The van der Waals surface area contributed by atoms with Gasteiger partial charge in [-0.15, -0.1) is 0 Å². The van der Waals surface area contributed by atoms with Gasteiger partial charge in [-0.25, -0.2) is 4.79 Å². The maximum Gasteiger partial charge on any atom is 0.513 e. The second-order valence-electron chi connectivity index (χ2n) is 6.97. The molecule has 7 heteroatoms. The van der Waals surface area contributed by atoms with Crippen molar-refractivity contribution in [3.05, 3.63) is 42.0 Å². The van der Waals surface area contributed by atoms with Gasteiger partial charge in [0.2, 0.25) is 5.91 Å². The van der Waals surface area contributed by atoms with E-state index in [-0.39, 0.29) is 18.4 Å². The lowest BCUT2D eigenvalue weighted by Gasteiger charge is -2.17. The summed E-state index contributed by atoms with van der Waals surface area (Å²) in [7, 11) is 0. The van der Waals surface area contributed by atoms with Crippen LogP contribution in [0.15, 0.2) is 36.4 Å². The average molecular weight is 402 g/mol. The van der Waals surface area contributed by atoms with E-state index in [0.717, 1.165) is 0 Å². The summed E-state index contributed by atoms with van der Waals surface area (Å²) in [4.78, 5) is 35.2. The predicted octanol–water partition coefficient (Wildman–Crippen LogP) is 3.59. The first-order chi connectivity index (χ1) is 14.1. The number of carbonyl (C=O) groups excluding carboxylic acids is 3. The molecule has 0 spiro atoms. The number of nitrogens with one attached hydrogen (secondary N) is 2. The standard InChI is InChI=1S/C22H30N2O5/c1-2-28-22(27)29-19-12-10-18(11-13-19)21(26)24-16-6-15-23-20(25)14-9-17-7-4-3-5-8-17/h9-14,17H,2-8,15-16H2,1H3,(H,23,25)(H,24,26)/b14-9+. The summed E-state index contributed by atoms with van der Waals surface area (Å²) >= 11 is 0. The van der Waals surface area contributed by atoms with Gasteiger partial charge in [0.1, 0.15) is 5.75 Å². The molecule has 1 aliphatic carbocycles. The number of hydrogen-bond donors (Lipinski definition) is 2. The predicted molar refractivity (Wildman–Crippen MR) is 110 cm³/mol. The Kier molecular flexibility index (Phi) is 9.75. The zero-order chi connectivity index (χ0) is 20.9. The second-order valence-corrected chi connectivity index (χ2v) is 6.97. The number of amides is 2. The summed E-state index contributed by atoms with van der Waals surface area (Å²) in [6.45, 7) is 2.87. The number of allylic oxidation sites excluding steroid dienone is 1. The molecule has 7 nitrogen and oxygen atoms in total. The van der Waals surface area contributed by atoms with Crippen LogP contribution in [0, 0.1) is 5.92 Å². The van der Waals surface area contributed by atoms with Gasteiger partial charge in [-0.05, 0) is 62.4 Å². The van der Waals surface area contributed by atoms with Crippen molar-refractivity contribution >= 4 is 18.0 Å². The maximum atomic E-state index is 12.1. The molecule has 0 aliphatic heterocycles. The smallest absolute Gasteiger partial charge is 0.434 e. The fourth-order valence-corrected chi connectivity index (χ4v) is 3.13. The van der Waals surface area contributed by atoms with Crippen LogP contribution >= 0.6 is 0 Å². The van der Waals surface area contributed by atoms with Crippen molar-refractivity contribution in [2.45, 2.75) is 45.4 Å². The number of ether oxygens (including phenoxy) is 2. The molecule has 1 aromatic carbocycles. The normalized spacial score (nSPS) is 14.4. The summed E-state index contributed by atoms with van der Waals surface area (Å²) in [6, 6.07) is 6.21. The lowest BCUT2D eigenvalue weighted by Crippen LogP contribution is -2.29. The average Bonchev–Trinajstić information content (AvgIpc) is 2.73. The summed E-state index contributed by atoms with van der Waals surface area (Å²) in [5, 5.41) is 5.63. The third-order valence-electron chi connectivity index (χ3n) is 4.69. The molecule has 1 aliphatic rings. The molecule has 0 atom stereocenters. The van der Waals surface area contributed by atoms with Crippen LogP contribution in [0.2, 0.25) is 0 Å². The first-order valence-electron chi connectivity index (χ1n) is 10.3. The van der Waals surface area contributed by atoms with E-state index in [9.17, 15) is 14.4 Å². The molecule has 0 unspecified atom stereocenters. The van der Waals surface area contributed by atoms with Crippen molar-refractivity contribution in [2.24, 2.45) is 5.92 Å². The molecule has 1 saturated carbocycles. The highest BCUT2D eigenvalue weighted by Crippen LogP contribution is 2.24. The number of carbonyl (C=O) groups is 3. The van der Waals surface area contributed by atoms with Crippen LogP contribution in [0.5, 0.6) is 5.75 Å². The summed E-state index contributed by atoms with van der Waals surface area (Å²) in [5.41, 5.74) is 0.459. The molecule has 1 fully saturated rings. The van der Waals surface area contributed by atoms with Crippen molar-refractivity contribution in [3.63, 3.8) is 0 Å². The quantitative estimate of drug-likeness (QED) is 0.285. The van der Waals surface area contributed by atoms with Crippen molar-refractivity contribution < 1.29 is 23.9 Å². The Balaban J connectivity index is 1.60. The molecule has 158 valence electrons. The van der Waals surface area contributed by atoms with Gasteiger partial charge in [0, 0.05) is 18.7 Å². The molecule has 0 saturated heterocycles. The Hall–Kier alpha value is -2.83. The van der Waals surface area contributed by atoms with Gasteiger partial charge in [0.05, 0.1) is 6.61 Å². The van der Waals surface area contributed by atoms with E-state index in [0.29, 0.717) is 36.7 Å². The van der Waals surface area contributed by atoms with E-state index < -0.39 is 6.16 Å². The van der Waals surface area contributed by atoms with Crippen molar-refractivity contribution in [2.75, 3.05) is 19.7 Å². The highest BCUT2D eigenvalue weighted by Gasteiger charge is 2.10. The van der Waals surface area contributed by atoms with Gasteiger partial charge >= 0.3 is 6.16 Å². The Morgan fingerprint density at radius 2 is 1.72 bits per heavy atom. The van der Waals surface area contributed by atoms with Crippen LogP contribution in [-0.4, -0.2) is 37.7 Å². The van der Waals surface area contributed by atoms with Gasteiger partial charge in [-0.1, -0.05) is 25.3 Å². The molecule has 1 aromatic rings. The summed E-state index contributed by atoms with van der Waals surface area (Å²) in [5.74, 6) is 0.530. The molecular formula is C22H30N2O5. The van der Waals surface area contributed by atoms with E-state index in [4.69, 9.17) is 4.74 Å². The van der Waals surface area contributed by atoms with E-state index in [2.05, 4.69) is 15.4 Å². The second kappa shape index (κ2) is 12.6. The largest absolute Gasteiger partial charge is 0.513 e. The van der Waals surface area contributed by atoms with Crippen molar-refractivity contribution in [1.82, 2.24) is 10.6 Å². The Labute approximate surface area is 171 Å². The van der Waals surface area contributed by atoms with Crippen molar-refractivity contribution in [3.8, 4) is 5.75 Å². The van der Waals surface area contributed by atoms with E-state index in [1.807, 2.05) is 6.08 Å². The van der Waals surface area contributed by atoms with Crippen LogP contribution in [0.3, 0.4) is 0 Å². The fraction of sp³-hybridized carbons (Fsp3) is 0.500. The van der Waals surface area contributed by atoms with Crippen LogP contribution in [0.25, 0.3) is 0 Å². The number of benzene rings is 1. The van der Waals surface area contributed by atoms with E-state index in [1.165, 1.54) is 44.2 Å². The lowest BCUT2D eigenvalue weighted by molar-refractivity contribution is -0.116. The third-order valence-corrected chi connectivity index (χ3v) is 4.69. The monoisotopic (exact) mass is 402 g/mol. The minimum absolute atomic E-state index is 0.0842. The zero-order valence-electron chi connectivity index (χ0n) is 16.9. The molecule has 29 heavy (non-hydrogen) atoms. The molecule has 0 radical (unpaired) electrons. The van der Waals surface area contributed by atoms with E-state index in [1.54, 1.807) is 25.1 Å². The van der Waals surface area contributed by atoms with Gasteiger partial charge in [-0.3, -0.25) is 9.59 Å². The number of rotatable bonds is 9. The highest BCUT2D eigenvalue weighted by atomic mass is 16.7. The first kappa shape index (κ1) is 22.5. The van der Waals surface area contributed by atoms with E-state index >= 15 is 0 Å². The molecule has 0 bridgehead atoms. The molecule has 2 N–H and O–H groups in total. The first-order valence-corrected chi connectivity index (χ1v) is 10.3. The Morgan fingerprint density at radius 3 is 2.41 bits per heavy atom. The van der Waals surface area contributed by atoms with Gasteiger partial charge < -0.3 is 20.1 Å². The number of hydrogen-bond acceptors (Lipinski definition) is 5. The molecule has 2 rings (SSSR count). The molecule has 2 amide bonds. The zero-order valence-corrected chi connectivity index (χ0v) is 16.9. The third kappa shape index (κ3) is 8.81. The van der Waals surface area contributed by atoms with Crippen LogP contribution in [0.4, 0.5) is 4.79 Å². The topological polar surface area (TPSA) is 93.7 Å². The SMILES string of the molecule is CCOC(=O)Oc1ccc(C(=O)NCCCNC(=O)/C=C/C2CCCCC2)cc1. The fourth-order valence-electron chi connectivity index (χ4n) is 3.13. The van der Waals surface area contributed by atoms with Gasteiger partial charge in [0.25, 0.3) is 5.91 Å². The van der Waals surface area contributed by atoms with Crippen molar-refractivity contribution in [1.29, 1.82) is 0 Å². The maximum absolute atomic E-state index is 12.1. The molecule has 0 aromatic heterocycles. The summed E-state index contributed by atoms with van der Waals surface area (Å²) < 4.78 is 9.63.